The lowest BCUT2D eigenvalue weighted by Crippen LogP contribution is -2.44. The molecule has 0 fully saturated rings. The number of carboxylic acid groups (broad SMARTS) is 1. The summed E-state index contributed by atoms with van der Waals surface area (Å²) in [7, 11) is 5.95. The number of carbonyl (C=O) groups excluding carboxylic acids is 3. The van der Waals surface area contributed by atoms with Gasteiger partial charge in [-0.15, -0.1) is 0 Å². The Morgan fingerprint density at radius 3 is 0.777 bits per heavy atom. The zero-order chi connectivity index (χ0) is 74.6. The number of ether oxygens (including phenoxy) is 4. The predicted octanol–water partition coefficient (Wildman–Crippen LogP) is 26.8. The van der Waals surface area contributed by atoms with Crippen LogP contribution in [0.1, 0.15) is 373 Å². The number of allylic oxidation sites excluding steroid dienone is 24. The van der Waals surface area contributed by atoms with E-state index in [4.69, 9.17) is 18.9 Å². The number of likely N-dealkylation sites (N-methyl/N-ethyl adjacent to an activating group) is 1. The minimum atomic E-state index is -1.63. The third-order valence-corrected chi connectivity index (χ3v) is 18.6. The first kappa shape index (κ1) is 98.2. The van der Waals surface area contributed by atoms with E-state index in [1.165, 1.54) is 231 Å². The number of esters is 2. The van der Waals surface area contributed by atoms with E-state index in [9.17, 15) is 19.5 Å². The van der Waals surface area contributed by atoms with Gasteiger partial charge in [0.25, 0.3) is 0 Å². The molecule has 0 aromatic carbocycles. The van der Waals surface area contributed by atoms with Crippen LogP contribution in [0.5, 0.6) is 0 Å². The second-order valence-corrected chi connectivity index (χ2v) is 29.7. The van der Waals surface area contributed by atoms with Gasteiger partial charge in [-0.05, 0) is 116 Å². The zero-order valence-electron chi connectivity index (χ0n) is 67.7. The third-order valence-electron chi connectivity index (χ3n) is 18.6. The first-order chi connectivity index (χ1) is 50.6. The molecule has 0 aromatic heterocycles. The quantitative estimate of drug-likeness (QED) is 0.0195. The van der Waals surface area contributed by atoms with Crippen LogP contribution >= 0.6 is 0 Å². The van der Waals surface area contributed by atoms with Crippen LogP contribution in [-0.4, -0.2) is 82.3 Å². The normalized spacial score (nSPS) is 13.4. The van der Waals surface area contributed by atoms with Crippen molar-refractivity contribution in [2.75, 3.05) is 47.5 Å². The van der Waals surface area contributed by atoms with Gasteiger partial charge in [0.15, 0.2) is 12.4 Å². The number of hydrogen-bond donors (Lipinski definition) is 0. The summed E-state index contributed by atoms with van der Waals surface area (Å²) in [6.45, 7) is 4.56. The monoisotopic (exact) mass is 1430 g/mol. The number of nitrogens with zero attached hydrogens (tertiary/aromatic N) is 1. The highest BCUT2D eigenvalue weighted by Crippen LogP contribution is 2.19. The van der Waals surface area contributed by atoms with E-state index in [0.717, 1.165) is 109 Å². The molecule has 2 atom stereocenters. The highest BCUT2D eigenvalue weighted by Gasteiger charge is 2.22. The van der Waals surface area contributed by atoms with E-state index in [1.54, 1.807) is 0 Å². The molecular formula is C94H161NO8. The molecule has 0 bridgehead atoms. The fraction of sp³-hybridized carbons (Fsp3) is 0.713. The van der Waals surface area contributed by atoms with Gasteiger partial charge in [-0.1, -0.05) is 391 Å². The highest BCUT2D eigenvalue weighted by atomic mass is 16.7. The molecule has 0 heterocycles. The molecule has 103 heavy (non-hydrogen) atoms. The Kier molecular flexibility index (Phi) is 78.9. The van der Waals surface area contributed by atoms with Crippen molar-refractivity contribution < 1.29 is 42.9 Å². The Hall–Kier alpha value is -4.83. The Labute approximate surface area is 636 Å². The van der Waals surface area contributed by atoms with Gasteiger partial charge in [-0.3, -0.25) is 9.59 Å². The standard InChI is InChI=1S/C94H161NO8/c1-6-8-10-12-14-16-18-20-22-24-26-28-30-32-34-36-38-40-42-44-45-46-47-49-51-53-55-57-59-61-63-65-67-69-71-73-75-77-79-81-83-85-92(97)103-90(89-102-94(93(98)99)100-87-86-95(3,4)5)88-101-91(96)84-82-80-78-76-74-72-70-68-66-64-62-60-58-56-54-52-50-48-43-41-39-37-35-33-31-29-27-25-23-21-19-17-15-13-11-9-7-2/h8-11,14-17,20-23,26-29,32-35,38-41,90,94H,6-7,12-13,18-19,24-25,30-31,36-37,42-89H2,1-5H3/b10-8-,11-9-,16-14-,17-15-,22-20-,23-21-,28-26-,29-27-,34-32-,35-33-,40-38-,41-39-. The average Bonchev–Trinajstić information content (AvgIpc) is 1.01. The summed E-state index contributed by atoms with van der Waals surface area (Å²) in [4.78, 5) is 37.7. The van der Waals surface area contributed by atoms with Gasteiger partial charge in [-0.2, -0.15) is 0 Å². The van der Waals surface area contributed by atoms with Crippen molar-refractivity contribution in [1.82, 2.24) is 0 Å². The molecule has 0 spiro atoms. The molecule has 0 aromatic rings. The van der Waals surface area contributed by atoms with Crippen LogP contribution in [0.2, 0.25) is 0 Å². The molecule has 0 aliphatic carbocycles. The van der Waals surface area contributed by atoms with Crippen molar-refractivity contribution in [3.05, 3.63) is 146 Å². The summed E-state index contributed by atoms with van der Waals surface area (Å²) < 4.78 is 22.9. The maximum atomic E-state index is 13.0. The first-order valence-electron chi connectivity index (χ1n) is 43.0. The van der Waals surface area contributed by atoms with Crippen molar-refractivity contribution in [2.24, 2.45) is 0 Å². The number of hydrogen-bond acceptors (Lipinski definition) is 8. The Morgan fingerprint density at radius 2 is 0.524 bits per heavy atom. The summed E-state index contributed by atoms with van der Waals surface area (Å²) in [6.07, 6.45) is 118. The molecule has 9 nitrogen and oxygen atoms in total. The van der Waals surface area contributed by atoms with Gasteiger partial charge in [0.2, 0.25) is 0 Å². The van der Waals surface area contributed by atoms with Crippen LogP contribution in [0.4, 0.5) is 0 Å². The van der Waals surface area contributed by atoms with E-state index in [2.05, 4.69) is 160 Å². The summed E-state index contributed by atoms with van der Waals surface area (Å²) in [5.41, 5.74) is 0. The van der Waals surface area contributed by atoms with E-state index < -0.39 is 24.3 Å². The molecule has 0 rings (SSSR count). The lowest BCUT2D eigenvalue weighted by molar-refractivity contribution is -0.870. The van der Waals surface area contributed by atoms with Gasteiger partial charge in [0, 0.05) is 12.8 Å². The predicted molar refractivity (Wildman–Crippen MR) is 444 cm³/mol. The van der Waals surface area contributed by atoms with Crippen molar-refractivity contribution in [1.29, 1.82) is 0 Å². The fourth-order valence-corrected chi connectivity index (χ4v) is 12.1. The van der Waals surface area contributed by atoms with Crippen LogP contribution in [-0.2, 0) is 33.3 Å². The topological polar surface area (TPSA) is 111 Å². The van der Waals surface area contributed by atoms with Crippen LogP contribution < -0.4 is 5.11 Å². The van der Waals surface area contributed by atoms with Crippen LogP contribution in [0.15, 0.2) is 146 Å². The number of quaternary nitrogens is 1. The number of carbonyl (C=O) groups is 3. The van der Waals surface area contributed by atoms with Crippen molar-refractivity contribution in [3.63, 3.8) is 0 Å². The third kappa shape index (κ3) is 84.3. The molecule has 0 N–H and O–H groups in total. The largest absolute Gasteiger partial charge is 0.545 e. The Bertz CT molecular complexity index is 2220. The first-order valence-corrected chi connectivity index (χ1v) is 43.0. The lowest BCUT2D eigenvalue weighted by atomic mass is 10.0. The highest BCUT2D eigenvalue weighted by molar-refractivity contribution is 5.70. The maximum absolute atomic E-state index is 13.0. The van der Waals surface area contributed by atoms with E-state index in [0.29, 0.717) is 23.9 Å². The molecule has 0 amide bonds. The summed E-state index contributed by atoms with van der Waals surface area (Å²) in [5.74, 6) is -2.26. The average molecular weight is 1430 g/mol. The minimum absolute atomic E-state index is 0.146. The van der Waals surface area contributed by atoms with Gasteiger partial charge >= 0.3 is 11.9 Å². The van der Waals surface area contributed by atoms with Gasteiger partial charge < -0.3 is 33.3 Å². The fourth-order valence-electron chi connectivity index (χ4n) is 12.1. The molecule has 590 valence electrons. The minimum Gasteiger partial charge on any atom is -0.545 e. The SMILES string of the molecule is CC/C=C\C/C=C\C/C=C\C/C=C\C/C=C\C/C=C\CCCCCCCCCCCCCCCCCCCCCCCCC(=O)OC(COC(=O)CCCCCCCCCCCCCCCCCCCC/C=C\C/C=C\C/C=C\C/C=C\C/C=C\C/C=C\CC)COC(OCC[N+](C)(C)C)C(=O)[O-]. The van der Waals surface area contributed by atoms with Gasteiger partial charge in [0.1, 0.15) is 13.2 Å². The molecule has 0 aliphatic rings. The second kappa shape index (κ2) is 82.8. The smallest absolute Gasteiger partial charge is 0.306 e. The van der Waals surface area contributed by atoms with E-state index in [-0.39, 0.29) is 32.2 Å². The Balaban J connectivity index is 3.97. The van der Waals surface area contributed by atoms with Crippen molar-refractivity contribution >= 4 is 17.9 Å². The van der Waals surface area contributed by atoms with E-state index >= 15 is 0 Å². The summed E-state index contributed by atoms with van der Waals surface area (Å²) in [6, 6.07) is 0. The molecule has 0 aliphatic heterocycles. The maximum Gasteiger partial charge on any atom is 0.306 e. The van der Waals surface area contributed by atoms with Gasteiger partial charge in [0.05, 0.1) is 40.3 Å². The number of aliphatic carboxylic acids is 1. The number of carboxylic acids is 1. The summed E-state index contributed by atoms with van der Waals surface area (Å²) in [5, 5.41) is 11.9. The van der Waals surface area contributed by atoms with E-state index in [1.807, 2.05) is 21.1 Å². The van der Waals surface area contributed by atoms with Crippen LogP contribution in [0.3, 0.4) is 0 Å². The van der Waals surface area contributed by atoms with Gasteiger partial charge in [-0.25, -0.2) is 0 Å². The molecule has 0 radical (unpaired) electrons. The molecule has 0 saturated carbocycles. The molecule has 2 unspecified atom stereocenters. The van der Waals surface area contributed by atoms with Crippen LogP contribution in [0, 0.1) is 0 Å². The number of unbranched alkanes of at least 4 members (excludes halogenated alkanes) is 40. The lowest BCUT2D eigenvalue weighted by Gasteiger charge is -2.26. The molecule has 0 saturated heterocycles. The van der Waals surface area contributed by atoms with Crippen LogP contribution in [0.25, 0.3) is 0 Å². The van der Waals surface area contributed by atoms with Crippen molar-refractivity contribution in [3.8, 4) is 0 Å². The second-order valence-electron chi connectivity index (χ2n) is 29.7. The summed E-state index contributed by atoms with van der Waals surface area (Å²) >= 11 is 0. The Morgan fingerprint density at radius 1 is 0.291 bits per heavy atom. The molecule has 9 heteroatoms. The molecular weight excluding hydrogens is 1270 g/mol. The number of rotatable bonds is 79. The zero-order valence-corrected chi connectivity index (χ0v) is 67.7. The van der Waals surface area contributed by atoms with Crippen molar-refractivity contribution in [2.45, 2.75) is 386 Å².